The molecule has 0 aliphatic heterocycles. The Morgan fingerprint density at radius 3 is 2.47 bits per heavy atom. The molecule has 3 aromatic rings. The van der Waals surface area contributed by atoms with E-state index in [0.29, 0.717) is 0 Å². The predicted molar refractivity (Wildman–Crippen MR) is 64.0 cm³/mol. The molecule has 2 aromatic carbocycles. The summed E-state index contributed by atoms with van der Waals surface area (Å²) in [6, 6.07) is 13.8. The van der Waals surface area contributed by atoms with Gasteiger partial charge in [-0.1, -0.05) is 18.2 Å². The van der Waals surface area contributed by atoms with Gasteiger partial charge >= 0.3 is 0 Å². The topological polar surface area (TPSA) is 57.0 Å². The van der Waals surface area contributed by atoms with E-state index in [1.165, 1.54) is 0 Å². The summed E-state index contributed by atoms with van der Waals surface area (Å²) >= 11 is 0. The first kappa shape index (κ1) is 8.17. The molecule has 0 unspecified atom stereocenters. The summed E-state index contributed by atoms with van der Waals surface area (Å²) in [6.45, 7) is 0. The van der Waals surface area contributed by atoms with Gasteiger partial charge in [-0.2, -0.15) is 0 Å². The molecular weight excluding hydrogens is 186 g/mol. The molecule has 3 rings (SSSR count). The molecule has 0 spiro atoms. The number of hydrogen-bond acceptors (Lipinski definition) is 2. The third-order valence-corrected chi connectivity index (χ3v) is 2.73. The van der Waals surface area contributed by atoms with Gasteiger partial charge in [0.25, 0.3) is 0 Å². The molecule has 15 heavy (non-hydrogen) atoms. The highest BCUT2D eigenvalue weighted by molar-refractivity contribution is 6.08. The number of rotatable bonds is 0. The summed E-state index contributed by atoms with van der Waals surface area (Å²) in [4.78, 5) is 0. The van der Waals surface area contributed by atoms with Crippen molar-refractivity contribution >= 4 is 27.5 Å². The molecule has 74 valence electrons. The maximum absolute atomic E-state index is 6.00. The highest BCUT2D eigenvalue weighted by Crippen LogP contribution is 2.28. The summed E-state index contributed by atoms with van der Waals surface area (Å²) in [5, 5.41) is 2.25. The third kappa shape index (κ3) is 1.00. The van der Waals surface area contributed by atoms with Crippen molar-refractivity contribution in [3.05, 3.63) is 42.5 Å². The first-order valence-electron chi connectivity index (χ1n) is 4.81. The summed E-state index contributed by atoms with van der Waals surface area (Å²) < 4.78 is 1.70. The highest BCUT2D eigenvalue weighted by atomic mass is 15.3. The third-order valence-electron chi connectivity index (χ3n) is 2.73. The van der Waals surface area contributed by atoms with Gasteiger partial charge in [0.1, 0.15) is 0 Å². The highest BCUT2D eigenvalue weighted by Gasteiger charge is 2.07. The van der Waals surface area contributed by atoms with Crippen LogP contribution in [0.5, 0.6) is 0 Å². The fourth-order valence-electron chi connectivity index (χ4n) is 2.02. The van der Waals surface area contributed by atoms with Crippen LogP contribution in [-0.4, -0.2) is 4.68 Å². The van der Waals surface area contributed by atoms with Crippen LogP contribution in [0.3, 0.4) is 0 Å². The molecular formula is C12H11N3. The van der Waals surface area contributed by atoms with E-state index in [4.69, 9.17) is 11.6 Å². The van der Waals surface area contributed by atoms with Crippen molar-refractivity contribution < 1.29 is 0 Å². The molecule has 0 saturated carbocycles. The largest absolute Gasteiger partial charge is 0.399 e. The molecule has 0 aliphatic carbocycles. The zero-order valence-corrected chi connectivity index (χ0v) is 8.14. The molecule has 3 nitrogen and oxygen atoms in total. The first-order chi connectivity index (χ1) is 7.27. The lowest BCUT2D eigenvalue weighted by atomic mass is 10.1. The Morgan fingerprint density at radius 2 is 1.60 bits per heavy atom. The lowest BCUT2D eigenvalue weighted by Crippen LogP contribution is -2.06. The quantitative estimate of drug-likeness (QED) is 0.428. The maximum Gasteiger partial charge on any atom is 0.0705 e. The van der Waals surface area contributed by atoms with E-state index >= 15 is 0 Å². The van der Waals surface area contributed by atoms with Crippen molar-refractivity contribution in [1.29, 1.82) is 0 Å². The van der Waals surface area contributed by atoms with E-state index in [-0.39, 0.29) is 0 Å². The molecule has 0 aliphatic rings. The molecule has 0 saturated heterocycles. The molecule has 4 N–H and O–H groups in total. The van der Waals surface area contributed by atoms with E-state index in [2.05, 4.69) is 6.07 Å². The number of nitrogens with two attached hydrogens (primary N) is 2. The van der Waals surface area contributed by atoms with Gasteiger partial charge in [-0.05, 0) is 24.3 Å². The van der Waals surface area contributed by atoms with E-state index in [1.54, 1.807) is 4.68 Å². The second-order valence-electron chi connectivity index (χ2n) is 3.66. The van der Waals surface area contributed by atoms with Crippen LogP contribution in [0.2, 0.25) is 0 Å². The summed E-state index contributed by atoms with van der Waals surface area (Å²) in [5.41, 5.74) is 8.57. The number of nitrogens with zero attached hydrogens (tertiary/aromatic N) is 1. The van der Waals surface area contributed by atoms with Gasteiger partial charge in [-0.3, -0.25) is 4.68 Å². The van der Waals surface area contributed by atoms with Crippen LogP contribution in [0.1, 0.15) is 0 Å². The number of hydrogen-bond donors (Lipinski definition) is 2. The van der Waals surface area contributed by atoms with Gasteiger partial charge < -0.3 is 11.6 Å². The van der Waals surface area contributed by atoms with Crippen LogP contribution in [0.25, 0.3) is 21.8 Å². The van der Waals surface area contributed by atoms with Gasteiger partial charge in [0.05, 0.1) is 11.0 Å². The van der Waals surface area contributed by atoms with Crippen molar-refractivity contribution in [2.45, 2.75) is 0 Å². The summed E-state index contributed by atoms with van der Waals surface area (Å²) in [5.74, 6) is 6.00. The summed E-state index contributed by atoms with van der Waals surface area (Å²) in [7, 11) is 0. The number of anilines is 1. The smallest absolute Gasteiger partial charge is 0.0705 e. The van der Waals surface area contributed by atoms with Gasteiger partial charge in [-0.25, -0.2) is 0 Å². The normalized spacial score (nSPS) is 11.2. The molecule has 0 bridgehead atoms. The Morgan fingerprint density at radius 1 is 0.867 bits per heavy atom. The van der Waals surface area contributed by atoms with Crippen LogP contribution in [0, 0.1) is 0 Å². The predicted octanol–water partition coefficient (Wildman–Crippen LogP) is 2.09. The van der Waals surface area contributed by atoms with E-state index in [0.717, 1.165) is 27.5 Å². The second-order valence-corrected chi connectivity index (χ2v) is 3.66. The van der Waals surface area contributed by atoms with Crippen molar-refractivity contribution in [1.82, 2.24) is 4.68 Å². The fourth-order valence-corrected chi connectivity index (χ4v) is 2.02. The second kappa shape index (κ2) is 2.67. The molecule has 1 aromatic heterocycles. The lowest BCUT2D eigenvalue weighted by molar-refractivity contribution is 1.12. The van der Waals surface area contributed by atoms with Crippen molar-refractivity contribution in [2.75, 3.05) is 11.6 Å². The van der Waals surface area contributed by atoms with Crippen LogP contribution >= 0.6 is 0 Å². The van der Waals surface area contributed by atoms with Crippen LogP contribution < -0.4 is 11.6 Å². The minimum absolute atomic E-state index is 0.763. The Balaban J connectivity index is 2.64. The van der Waals surface area contributed by atoms with Gasteiger partial charge in [-0.15, -0.1) is 0 Å². The monoisotopic (exact) mass is 197 g/mol. The Kier molecular flexibility index (Phi) is 1.45. The Bertz CT molecular complexity index is 652. The van der Waals surface area contributed by atoms with E-state index in [1.807, 2.05) is 36.4 Å². The minimum atomic E-state index is 0.763. The summed E-state index contributed by atoms with van der Waals surface area (Å²) in [6.07, 6.45) is 0. The van der Waals surface area contributed by atoms with Gasteiger partial charge in [0.15, 0.2) is 0 Å². The van der Waals surface area contributed by atoms with E-state index in [9.17, 15) is 0 Å². The first-order valence-corrected chi connectivity index (χ1v) is 4.81. The van der Waals surface area contributed by atoms with Gasteiger partial charge in [0, 0.05) is 16.5 Å². The number of para-hydroxylation sites is 1. The van der Waals surface area contributed by atoms with Crippen molar-refractivity contribution in [3.8, 4) is 0 Å². The average Bonchev–Trinajstić information content (AvgIpc) is 2.54. The Labute approximate surface area is 86.9 Å². The maximum atomic E-state index is 6.00. The molecule has 0 atom stereocenters. The zero-order chi connectivity index (χ0) is 10.4. The van der Waals surface area contributed by atoms with Crippen molar-refractivity contribution in [2.24, 2.45) is 0 Å². The SMILES string of the molecule is Nc1ccc2c(c1)c1ccccc1n2N. The molecule has 0 radical (unpaired) electrons. The standard InChI is InChI=1S/C12H11N3/c13-8-5-6-12-10(7-8)9-3-1-2-4-11(9)15(12)14/h1-7H,13-14H2. The number of nitrogen functional groups attached to an aromatic ring is 2. The van der Waals surface area contributed by atoms with Gasteiger partial charge in [0.2, 0.25) is 0 Å². The average molecular weight is 197 g/mol. The number of benzene rings is 2. The lowest BCUT2D eigenvalue weighted by Gasteiger charge is -1.97. The zero-order valence-electron chi connectivity index (χ0n) is 8.14. The Hall–Kier alpha value is -2.16. The minimum Gasteiger partial charge on any atom is -0.399 e. The number of aromatic nitrogens is 1. The molecule has 0 fully saturated rings. The molecule has 1 heterocycles. The van der Waals surface area contributed by atoms with Crippen molar-refractivity contribution in [3.63, 3.8) is 0 Å². The van der Waals surface area contributed by atoms with Crippen LogP contribution in [0.15, 0.2) is 42.5 Å². The van der Waals surface area contributed by atoms with Crippen LogP contribution in [-0.2, 0) is 0 Å². The molecule has 0 amide bonds. The molecule has 3 heteroatoms. The van der Waals surface area contributed by atoms with Crippen LogP contribution in [0.4, 0.5) is 5.69 Å². The fraction of sp³-hybridized carbons (Fsp3) is 0. The van der Waals surface area contributed by atoms with E-state index < -0.39 is 0 Å². The number of fused-ring (bicyclic) bond motifs is 3.